The second kappa shape index (κ2) is 12.0. The maximum Gasteiger partial charge on any atom is 0.472 e. The molecule has 6 rings (SSSR count). The van der Waals surface area contributed by atoms with Crippen LogP contribution in [-0.4, -0.2) is 119 Å². The van der Waals surface area contributed by atoms with Crippen LogP contribution in [0.4, 0.5) is 11.8 Å². The van der Waals surface area contributed by atoms with Crippen LogP contribution in [0.5, 0.6) is 0 Å². The van der Waals surface area contributed by atoms with Gasteiger partial charge in [0.05, 0.1) is 25.9 Å². The van der Waals surface area contributed by atoms with Crippen LogP contribution < -0.4 is 17.0 Å². The zero-order valence-corrected chi connectivity index (χ0v) is 24.7. The Morgan fingerprint density at radius 3 is 2.20 bits per heavy atom. The van der Waals surface area contributed by atoms with E-state index >= 15 is 0 Å². The van der Waals surface area contributed by atoms with E-state index in [2.05, 4.69) is 34.4 Å². The highest BCUT2D eigenvalue weighted by molar-refractivity contribution is 7.47. The summed E-state index contributed by atoms with van der Waals surface area (Å²) in [6, 6.07) is 0. The van der Waals surface area contributed by atoms with Crippen molar-refractivity contribution in [2.45, 2.75) is 49.1 Å². The number of aliphatic hydroxyl groups is 3. The Balaban J connectivity index is 1.18. The number of hydrogen-bond acceptors (Lipinski definition) is 18. The molecular weight excluding hydrogens is 666 g/mol. The van der Waals surface area contributed by atoms with Crippen LogP contribution >= 0.6 is 15.6 Å². The molecular formula is C20H26N10O14P2. The van der Waals surface area contributed by atoms with E-state index in [9.17, 15) is 43.9 Å². The number of hydrogen-bond donors (Lipinski definition) is 9. The third kappa shape index (κ3) is 6.14. The molecule has 24 nitrogen and oxygen atoms in total. The molecule has 2 fully saturated rings. The van der Waals surface area contributed by atoms with Gasteiger partial charge in [0.1, 0.15) is 48.5 Å². The van der Waals surface area contributed by atoms with E-state index in [1.165, 1.54) is 10.9 Å². The summed E-state index contributed by atoms with van der Waals surface area (Å²) in [4.78, 5) is 63.1. The molecule has 4 aromatic heterocycles. The summed E-state index contributed by atoms with van der Waals surface area (Å²) in [5.74, 6) is -0.258. The number of phosphoric ester groups is 2. The molecule has 26 heteroatoms. The van der Waals surface area contributed by atoms with Gasteiger partial charge < -0.3 is 50.9 Å². The molecule has 250 valence electrons. The first-order valence-corrected chi connectivity index (χ1v) is 16.0. The minimum atomic E-state index is -5.21. The largest absolute Gasteiger partial charge is 0.472 e. The number of ether oxygens (including phenoxy) is 2. The fraction of sp³-hybridized carbons (Fsp3) is 0.500. The van der Waals surface area contributed by atoms with E-state index in [1.807, 2.05) is 0 Å². The Bertz CT molecular complexity index is 1910. The summed E-state index contributed by atoms with van der Waals surface area (Å²) >= 11 is 0. The van der Waals surface area contributed by atoms with Crippen molar-refractivity contribution < 1.29 is 62.2 Å². The summed E-state index contributed by atoms with van der Waals surface area (Å²) in [5.41, 5.74) is 10.7. The van der Waals surface area contributed by atoms with Crippen LogP contribution in [0, 0.1) is 0 Å². The summed E-state index contributed by atoms with van der Waals surface area (Å²) in [7, 11) is -10.3. The number of rotatable bonds is 10. The molecule has 0 radical (unpaired) electrons. The van der Waals surface area contributed by atoms with Gasteiger partial charge in [-0.25, -0.2) is 29.1 Å². The summed E-state index contributed by atoms with van der Waals surface area (Å²) in [5, 5.41) is 32.3. The van der Waals surface area contributed by atoms with Gasteiger partial charge in [0.15, 0.2) is 35.1 Å². The first kappa shape index (κ1) is 32.5. The lowest BCUT2D eigenvalue weighted by Crippen LogP contribution is -2.37. The molecule has 46 heavy (non-hydrogen) atoms. The van der Waals surface area contributed by atoms with Crippen LogP contribution in [0.15, 0.2) is 23.8 Å². The predicted octanol–water partition coefficient (Wildman–Crippen LogP) is -3.39. The van der Waals surface area contributed by atoms with Crippen molar-refractivity contribution in [3.8, 4) is 0 Å². The lowest BCUT2D eigenvalue weighted by molar-refractivity contribution is -0.0582. The van der Waals surface area contributed by atoms with E-state index in [0.29, 0.717) is 0 Å². The molecule has 0 spiro atoms. The number of phosphoric acid groups is 2. The number of fused-ring (bicyclic) bond motifs is 2. The number of nitrogens with two attached hydrogens (primary N) is 2. The number of nitrogens with zero attached hydrogens (tertiary/aromatic N) is 7. The van der Waals surface area contributed by atoms with Crippen molar-refractivity contribution >= 4 is 49.7 Å². The minimum Gasteiger partial charge on any atom is -0.387 e. The number of anilines is 2. The third-order valence-electron chi connectivity index (χ3n) is 7.10. The van der Waals surface area contributed by atoms with Gasteiger partial charge in [0.2, 0.25) is 5.95 Å². The number of nitrogens with one attached hydrogen (secondary N) is 1. The molecule has 9 atom stereocenters. The molecule has 0 saturated carbocycles. The fourth-order valence-corrected chi connectivity index (χ4v) is 6.32. The number of aliphatic hydroxyl groups excluding tert-OH is 3. The lowest BCUT2D eigenvalue weighted by atomic mass is 10.1. The van der Waals surface area contributed by atoms with Crippen LogP contribution in [0.25, 0.3) is 22.3 Å². The number of nitrogen functional groups attached to an aromatic ring is 2. The van der Waals surface area contributed by atoms with Crippen molar-refractivity contribution in [1.29, 1.82) is 0 Å². The molecule has 6 heterocycles. The first-order chi connectivity index (χ1) is 21.6. The van der Waals surface area contributed by atoms with Gasteiger partial charge in [-0.3, -0.25) is 32.5 Å². The number of H-pyrrole nitrogens is 1. The SMILES string of the molecule is Nc1nc2c(ncn2[C@@H]2O[C@H](COP(=O)(O)O)[C@@H](OP(=O)(O)OC[C@H]3O[C@@H](n4cnc5c(N)ncnc54)[C@H](O)[C@@H]3O)[C@H]2O)c(=O)[nH]1. The van der Waals surface area contributed by atoms with Gasteiger partial charge in [-0.2, -0.15) is 4.98 Å². The average Bonchev–Trinajstić information content (AvgIpc) is 3.73. The van der Waals surface area contributed by atoms with Gasteiger partial charge in [0, 0.05) is 0 Å². The summed E-state index contributed by atoms with van der Waals surface area (Å²) in [6.07, 6.45) is -9.36. The molecule has 2 saturated heterocycles. The normalized spacial score (nSPS) is 30.0. The summed E-state index contributed by atoms with van der Waals surface area (Å²) in [6.45, 7) is -1.78. The molecule has 2 aliphatic rings. The van der Waals surface area contributed by atoms with Crippen molar-refractivity contribution in [2.75, 3.05) is 24.7 Å². The predicted molar refractivity (Wildman–Crippen MR) is 147 cm³/mol. The number of aromatic nitrogens is 8. The molecule has 0 bridgehead atoms. The van der Waals surface area contributed by atoms with Crippen LogP contribution in [0.3, 0.4) is 0 Å². The maximum absolute atomic E-state index is 13.0. The van der Waals surface area contributed by atoms with E-state index in [1.54, 1.807) is 0 Å². The number of imidazole rings is 2. The smallest absolute Gasteiger partial charge is 0.387 e. The van der Waals surface area contributed by atoms with Crippen molar-refractivity contribution in [3.05, 3.63) is 29.3 Å². The molecule has 2 aliphatic heterocycles. The third-order valence-corrected chi connectivity index (χ3v) is 8.57. The first-order valence-electron chi connectivity index (χ1n) is 13.0. The standard InChI is InChI=1S/C20H26N10O14P2/c21-14-8-15(24-3-23-14)29(4-25-8)18-11(32)10(31)6(42-18)1-41-46(38,39)44-13-7(2-40-45(35,36)37)43-19(12(13)33)30-5-26-9-16(30)27-20(22)28-17(9)34/h3-7,10-13,18-19,31-33H,1-2H2,(H,38,39)(H2,21,23,24)(H2,35,36,37)(H3,22,27,28,34)/t6-,7-,10-,11-,12-,13-,18-,19-/m1/s1. The molecule has 0 aromatic carbocycles. The monoisotopic (exact) mass is 692 g/mol. The Hall–Kier alpha value is -3.48. The van der Waals surface area contributed by atoms with E-state index in [4.69, 9.17) is 30.0 Å². The van der Waals surface area contributed by atoms with Crippen LogP contribution in [0.2, 0.25) is 0 Å². The zero-order chi connectivity index (χ0) is 33.1. The molecule has 0 aliphatic carbocycles. The fourth-order valence-electron chi connectivity index (χ4n) is 5.02. The lowest BCUT2D eigenvalue weighted by Gasteiger charge is -2.24. The zero-order valence-electron chi connectivity index (χ0n) is 22.9. The highest BCUT2D eigenvalue weighted by atomic mass is 31.2. The Morgan fingerprint density at radius 2 is 1.48 bits per heavy atom. The van der Waals surface area contributed by atoms with Gasteiger partial charge in [0.25, 0.3) is 5.56 Å². The highest BCUT2D eigenvalue weighted by Crippen LogP contribution is 2.50. The van der Waals surface area contributed by atoms with E-state index in [-0.39, 0.29) is 34.1 Å². The van der Waals surface area contributed by atoms with Crippen LogP contribution in [0.1, 0.15) is 12.5 Å². The van der Waals surface area contributed by atoms with Gasteiger partial charge in [-0.1, -0.05) is 0 Å². The van der Waals surface area contributed by atoms with Gasteiger partial charge in [-0.15, -0.1) is 0 Å². The maximum atomic E-state index is 13.0. The molecule has 11 N–H and O–H groups in total. The summed E-state index contributed by atoms with van der Waals surface area (Å²) < 4.78 is 52.6. The van der Waals surface area contributed by atoms with Crippen molar-refractivity contribution in [2.24, 2.45) is 0 Å². The van der Waals surface area contributed by atoms with E-state index in [0.717, 1.165) is 17.2 Å². The Morgan fingerprint density at radius 1 is 0.848 bits per heavy atom. The Kier molecular flexibility index (Phi) is 8.43. The molecule has 0 amide bonds. The second-order valence-corrected chi connectivity index (χ2v) is 12.7. The van der Waals surface area contributed by atoms with Crippen molar-refractivity contribution in [3.63, 3.8) is 0 Å². The Labute approximate surface area is 254 Å². The molecule has 1 unspecified atom stereocenters. The molecule has 4 aromatic rings. The number of aromatic amines is 1. The van der Waals surface area contributed by atoms with Gasteiger partial charge in [-0.05, 0) is 0 Å². The second-order valence-electron chi connectivity index (χ2n) is 10.1. The van der Waals surface area contributed by atoms with Gasteiger partial charge >= 0.3 is 15.6 Å². The quantitative estimate of drug-likeness (QED) is 0.0731. The van der Waals surface area contributed by atoms with Crippen LogP contribution in [-0.2, 0) is 32.2 Å². The van der Waals surface area contributed by atoms with E-state index < -0.39 is 83.5 Å². The average molecular weight is 692 g/mol. The van der Waals surface area contributed by atoms with Crippen molar-refractivity contribution in [1.82, 2.24) is 39.0 Å². The minimum absolute atomic E-state index is 0.0510. The highest BCUT2D eigenvalue weighted by Gasteiger charge is 2.51. The topological polar surface area (TPSA) is 361 Å².